The lowest BCUT2D eigenvalue weighted by Crippen LogP contribution is -1.97. The van der Waals surface area contributed by atoms with Crippen LogP contribution < -0.4 is 10.5 Å². The van der Waals surface area contributed by atoms with Gasteiger partial charge in [0.1, 0.15) is 0 Å². The van der Waals surface area contributed by atoms with E-state index in [1.807, 2.05) is 30.1 Å². The van der Waals surface area contributed by atoms with Crippen molar-refractivity contribution in [3.8, 4) is 0 Å². The van der Waals surface area contributed by atoms with E-state index in [2.05, 4.69) is 10.5 Å². The molecular formula is C2H12B2N2. The maximum absolute atomic E-state index is 2.75. The summed E-state index contributed by atoms with van der Waals surface area (Å²) in [6, 6.07) is 0. The van der Waals surface area contributed by atoms with Crippen LogP contribution in [0.25, 0.3) is 0 Å². The molecule has 0 rings (SSSR count). The normalized spacial score (nSPS) is 5.67. The van der Waals surface area contributed by atoms with Gasteiger partial charge in [0.2, 0.25) is 0 Å². The summed E-state index contributed by atoms with van der Waals surface area (Å²) >= 11 is 0. The molecule has 0 aromatic rings. The van der Waals surface area contributed by atoms with E-state index in [1.54, 1.807) is 0 Å². The molecule has 0 fully saturated rings. The molecule has 0 spiro atoms. The standard InChI is InChI=1S/C2H7N.B2H5N/c2*1-3-2/h3H,1-2H3;3H,1-2H2. The van der Waals surface area contributed by atoms with Gasteiger partial charge in [0.25, 0.3) is 0 Å². The number of rotatable bonds is 0. The van der Waals surface area contributed by atoms with Crippen molar-refractivity contribution in [3.63, 3.8) is 0 Å². The topological polar surface area (TPSA) is 24.1 Å². The molecule has 0 atom stereocenters. The SMILES string of the molecule is BNB.CNC. The second kappa shape index (κ2) is 19.7. The molecule has 0 aromatic carbocycles. The van der Waals surface area contributed by atoms with Crippen LogP contribution in [0.5, 0.6) is 0 Å². The molecule has 0 unspecified atom stereocenters. The molecule has 0 radical (unpaired) electrons. The number of hydrogen-bond acceptors (Lipinski definition) is 2. The number of hydrogen-bond donors (Lipinski definition) is 2. The summed E-state index contributed by atoms with van der Waals surface area (Å²) in [6.07, 6.45) is 0. The molecule has 4 heteroatoms. The van der Waals surface area contributed by atoms with E-state index in [4.69, 9.17) is 0 Å². The van der Waals surface area contributed by atoms with Gasteiger partial charge in [-0.2, -0.15) is 0 Å². The van der Waals surface area contributed by atoms with Gasteiger partial charge in [-0.1, -0.05) is 0 Å². The van der Waals surface area contributed by atoms with Gasteiger partial charge in [-0.25, -0.2) is 0 Å². The van der Waals surface area contributed by atoms with Crippen LogP contribution in [0.2, 0.25) is 0 Å². The van der Waals surface area contributed by atoms with Crippen LogP contribution in [-0.4, -0.2) is 30.1 Å². The van der Waals surface area contributed by atoms with Gasteiger partial charge in [0, 0.05) is 0 Å². The molecule has 0 aliphatic heterocycles. The zero-order valence-corrected chi connectivity index (χ0v) is 5.00. The van der Waals surface area contributed by atoms with E-state index >= 15 is 0 Å². The van der Waals surface area contributed by atoms with Gasteiger partial charge < -0.3 is 10.5 Å². The van der Waals surface area contributed by atoms with Crippen LogP contribution in [0, 0.1) is 0 Å². The highest BCUT2D eigenvalue weighted by atomic mass is 14.7. The van der Waals surface area contributed by atoms with Gasteiger partial charge in [-0.15, -0.1) is 0 Å². The summed E-state index contributed by atoms with van der Waals surface area (Å²) in [7, 11) is 7.50. The van der Waals surface area contributed by atoms with E-state index in [0.717, 1.165) is 0 Å². The lowest BCUT2D eigenvalue weighted by molar-refractivity contribution is 1.02. The van der Waals surface area contributed by atoms with Crippen molar-refractivity contribution in [3.05, 3.63) is 0 Å². The molecular weight excluding hydrogens is 73.7 g/mol. The van der Waals surface area contributed by atoms with E-state index in [9.17, 15) is 0 Å². The van der Waals surface area contributed by atoms with Crippen molar-refractivity contribution in [2.45, 2.75) is 0 Å². The number of nitrogens with one attached hydrogen (secondary N) is 2. The molecule has 0 aliphatic rings. The minimum Gasteiger partial charge on any atom is -0.410 e. The highest BCUT2D eigenvalue weighted by Crippen LogP contribution is 0.981. The second-order valence-corrected chi connectivity index (χ2v) is 1.00. The first-order valence-electron chi connectivity index (χ1n) is 2.00. The molecule has 6 heavy (non-hydrogen) atoms. The van der Waals surface area contributed by atoms with Gasteiger partial charge in [0.15, 0.2) is 16.0 Å². The Hall–Kier alpha value is 0.0499. The average Bonchev–Trinajstić information content (AvgIpc) is 1.39. The van der Waals surface area contributed by atoms with Crippen LogP contribution >= 0.6 is 0 Å². The molecule has 0 heterocycles. The first-order chi connectivity index (χ1) is 2.83. The van der Waals surface area contributed by atoms with E-state index < -0.39 is 0 Å². The Labute approximate surface area is 41.6 Å². The van der Waals surface area contributed by atoms with E-state index in [-0.39, 0.29) is 0 Å². The average molecular weight is 85.8 g/mol. The third-order valence-corrected chi connectivity index (χ3v) is 0. The molecule has 0 aromatic heterocycles. The van der Waals surface area contributed by atoms with Crippen LogP contribution in [0.15, 0.2) is 0 Å². The van der Waals surface area contributed by atoms with Gasteiger partial charge in [0.05, 0.1) is 0 Å². The summed E-state index contributed by atoms with van der Waals surface area (Å²) in [5, 5.41) is 5.50. The minimum atomic E-state index is 1.88. The Balaban J connectivity index is 0. The van der Waals surface area contributed by atoms with Crippen molar-refractivity contribution in [1.82, 2.24) is 10.5 Å². The largest absolute Gasteiger partial charge is 0.410 e. The molecule has 2 N–H and O–H groups in total. The Morgan fingerprint density at radius 1 is 1.17 bits per heavy atom. The fourth-order valence-electron chi connectivity index (χ4n) is 0. The quantitative estimate of drug-likeness (QED) is 0.318. The Kier molecular flexibility index (Phi) is 30.9. The highest BCUT2D eigenvalue weighted by molar-refractivity contribution is 6.25. The summed E-state index contributed by atoms with van der Waals surface area (Å²) < 4.78 is 0. The molecule has 2 nitrogen and oxygen atoms in total. The molecule has 36 valence electrons. The summed E-state index contributed by atoms with van der Waals surface area (Å²) in [4.78, 5) is 0. The predicted octanol–water partition coefficient (Wildman–Crippen LogP) is -2.49. The Bertz CT molecular complexity index is 11.5. The van der Waals surface area contributed by atoms with Gasteiger partial charge in [-0.05, 0) is 14.1 Å². The molecule has 0 bridgehead atoms. The zero-order valence-electron chi connectivity index (χ0n) is 5.00. The van der Waals surface area contributed by atoms with Crippen LogP contribution in [0.1, 0.15) is 0 Å². The zero-order chi connectivity index (χ0) is 5.41. The monoisotopic (exact) mass is 86.1 g/mol. The van der Waals surface area contributed by atoms with Crippen molar-refractivity contribution in [2.75, 3.05) is 14.1 Å². The highest BCUT2D eigenvalue weighted by Gasteiger charge is 1.32. The fourth-order valence-corrected chi connectivity index (χ4v) is 0. The van der Waals surface area contributed by atoms with Gasteiger partial charge in [-0.3, -0.25) is 0 Å². The molecule has 0 aliphatic carbocycles. The van der Waals surface area contributed by atoms with Crippen molar-refractivity contribution in [2.24, 2.45) is 0 Å². The van der Waals surface area contributed by atoms with Crippen molar-refractivity contribution in [1.29, 1.82) is 0 Å². The molecule has 0 saturated carbocycles. The Morgan fingerprint density at radius 3 is 1.17 bits per heavy atom. The van der Waals surface area contributed by atoms with Gasteiger partial charge >= 0.3 is 0 Å². The molecule has 0 amide bonds. The smallest absolute Gasteiger partial charge is 0.169 e. The fraction of sp³-hybridized carbons (Fsp3) is 1.00. The van der Waals surface area contributed by atoms with Crippen LogP contribution in [0.4, 0.5) is 0 Å². The molecule has 0 saturated heterocycles. The first kappa shape index (κ1) is 9.41. The summed E-state index contributed by atoms with van der Waals surface area (Å²) in [5.74, 6) is 0. The van der Waals surface area contributed by atoms with Crippen LogP contribution in [0.3, 0.4) is 0 Å². The lowest BCUT2D eigenvalue weighted by Gasteiger charge is -1.59. The maximum atomic E-state index is 2.75. The maximum Gasteiger partial charge on any atom is 0.169 e. The lowest BCUT2D eigenvalue weighted by atomic mass is 10.3. The van der Waals surface area contributed by atoms with Crippen molar-refractivity contribution < 1.29 is 0 Å². The van der Waals surface area contributed by atoms with Crippen LogP contribution in [-0.2, 0) is 0 Å². The second-order valence-electron chi connectivity index (χ2n) is 1.00. The summed E-state index contributed by atoms with van der Waals surface area (Å²) in [5.41, 5.74) is 0. The third-order valence-electron chi connectivity index (χ3n) is 0. The third kappa shape index (κ3) is 15100. The van der Waals surface area contributed by atoms with E-state index in [0.29, 0.717) is 0 Å². The first-order valence-corrected chi connectivity index (χ1v) is 2.00. The summed E-state index contributed by atoms with van der Waals surface area (Å²) in [6.45, 7) is 0. The van der Waals surface area contributed by atoms with Crippen molar-refractivity contribution >= 4 is 16.0 Å². The Morgan fingerprint density at radius 2 is 1.17 bits per heavy atom. The minimum absolute atomic E-state index is 1.88. The van der Waals surface area contributed by atoms with E-state index in [1.165, 1.54) is 0 Å². The predicted molar refractivity (Wildman–Crippen MR) is 35.2 cm³/mol.